The molecule has 0 radical (unpaired) electrons. The number of rotatable bonds is 8. The van der Waals surface area contributed by atoms with E-state index in [1.807, 2.05) is 6.07 Å². The van der Waals surface area contributed by atoms with Crippen LogP contribution in [0.3, 0.4) is 0 Å². The van der Waals surface area contributed by atoms with Crippen LogP contribution in [0.4, 0.5) is 5.69 Å². The molecule has 1 aromatic carbocycles. The van der Waals surface area contributed by atoms with Gasteiger partial charge in [0.1, 0.15) is 24.0 Å². The Kier molecular flexibility index (Phi) is 6.33. The van der Waals surface area contributed by atoms with E-state index in [1.54, 1.807) is 0 Å². The summed E-state index contributed by atoms with van der Waals surface area (Å²) < 4.78 is 10.7. The fourth-order valence-corrected chi connectivity index (χ4v) is 1.40. The fourth-order valence-electron chi connectivity index (χ4n) is 1.40. The second-order valence-electron chi connectivity index (χ2n) is 3.86. The minimum atomic E-state index is -0.543. The molecular formula is C13H16N2O4. The second kappa shape index (κ2) is 8.06. The van der Waals surface area contributed by atoms with Gasteiger partial charge in [-0.3, -0.25) is 10.1 Å². The number of ether oxygens (including phenoxy) is 2. The van der Waals surface area contributed by atoms with E-state index in [4.69, 9.17) is 14.7 Å². The summed E-state index contributed by atoms with van der Waals surface area (Å²) in [5.41, 5.74) is 0.0332. The van der Waals surface area contributed by atoms with Gasteiger partial charge in [-0.2, -0.15) is 5.26 Å². The molecule has 102 valence electrons. The molecule has 0 spiro atoms. The molecule has 0 aromatic heterocycles. The number of hydrogen-bond donors (Lipinski definition) is 0. The van der Waals surface area contributed by atoms with Gasteiger partial charge in [0.05, 0.1) is 11.5 Å². The highest BCUT2D eigenvalue weighted by molar-refractivity contribution is 5.50. The average Bonchev–Trinajstić information content (AvgIpc) is 2.42. The van der Waals surface area contributed by atoms with Gasteiger partial charge >= 0.3 is 0 Å². The van der Waals surface area contributed by atoms with Crippen LogP contribution in [0.25, 0.3) is 0 Å². The molecule has 0 amide bonds. The lowest BCUT2D eigenvalue weighted by Gasteiger charge is -2.08. The lowest BCUT2D eigenvalue weighted by Crippen LogP contribution is -2.08. The highest BCUT2D eigenvalue weighted by atomic mass is 16.6. The zero-order valence-corrected chi connectivity index (χ0v) is 10.8. The first-order valence-corrected chi connectivity index (χ1v) is 6.08. The van der Waals surface area contributed by atoms with E-state index >= 15 is 0 Å². The van der Waals surface area contributed by atoms with Crippen molar-refractivity contribution in [2.75, 3.05) is 19.8 Å². The first-order valence-electron chi connectivity index (χ1n) is 6.08. The Morgan fingerprint density at radius 1 is 1.37 bits per heavy atom. The van der Waals surface area contributed by atoms with Gasteiger partial charge in [-0.05, 0) is 12.5 Å². The number of benzene rings is 1. The van der Waals surface area contributed by atoms with E-state index in [2.05, 4.69) is 6.92 Å². The van der Waals surface area contributed by atoms with E-state index in [1.165, 1.54) is 18.2 Å². The summed E-state index contributed by atoms with van der Waals surface area (Å²) in [5, 5.41) is 19.5. The van der Waals surface area contributed by atoms with Gasteiger partial charge in [-0.25, -0.2) is 0 Å². The predicted molar refractivity (Wildman–Crippen MR) is 69.0 cm³/mol. The first kappa shape index (κ1) is 14.9. The van der Waals surface area contributed by atoms with Crippen molar-refractivity contribution in [2.45, 2.75) is 19.8 Å². The van der Waals surface area contributed by atoms with Crippen molar-refractivity contribution >= 4 is 5.69 Å². The molecule has 19 heavy (non-hydrogen) atoms. The maximum absolute atomic E-state index is 10.6. The molecule has 0 aliphatic rings. The van der Waals surface area contributed by atoms with Gasteiger partial charge in [-0.15, -0.1) is 0 Å². The highest BCUT2D eigenvalue weighted by Crippen LogP contribution is 2.23. The summed E-state index contributed by atoms with van der Waals surface area (Å²) in [6.07, 6.45) is 2.07. The van der Waals surface area contributed by atoms with Crippen molar-refractivity contribution in [3.05, 3.63) is 33.9 Å². The maximum Gasteiger partial charge on any atom is 0.271 e. The second-order valence-corrected chi connectivity index (χ2v) is 3.86. The molecule has 0 unspecified atom stereocenters. The van der Waals surface area contributed by atoms with E-state index in [0.717, 1.165) is 12.8 Å². The third-order valence-corrected chi connectivity index (χ3v) is 2.42. The maximum atomic E-state index is 10.6. The van der Waals surface area contributed by atoms with Crippen molar-refractivity contribution in [3.63, 3.8) is 0 Å². The molecule has 0 aliphatic heterocycles. The van der Waals surface area contributed by atoms with Crippen molar-refractivity contribution < 1.29 is 14.4 Å². The molecule has 0 aliphatic carbocycles. The van der Waals surface area contributed by atoms with Gasteiger partial charge in [-0.1, -0.05) is 13.3 Å². The Morgan fingerprint density at radius 2 is 2.16 bits per heavy atom. The predicted octanol–water partition coefficient (Wildman–Crippen LogP) is 2.66. The van der Waals surface area contributed by atoms with Crippen molar-refractivity contribution in [2.24, 2.45) is 0 Å². The molecule has 1 rings (SSSR count). The molecule has 0 saturated carbocycles. The summed E-state index contributed by atoms with van der Waals surface area (Å²) in [6, 6.07) is 5.83. The van der Waals surface area contributed by atoms with Crippen LogP contribution in [-0.4, -0.2) is 24.7 Å². The zero-order valence-electron chi connectivity index (χ0n) is 10.8. The molecule has 0 heterocycles. The summed E-state index contributed by atoms with van der Waals surface area (Å²) in [4.78, 5) is 10.0. The number of hydrogen-bond acceptors (Lipinski definition) is 5. The topological polar surface area (TPSA) is 85.4 Å². The molecule has 6 heteroatoms. The van der Waals surface area contributed by atoms with Gasteiger partial charge in [0, 0.05) is 18.7 Å². The minimum absolute atomic E-state index is 0.122. The van der Waals surface area contributed by atoms with E-state index < -0.39 is 4.92 Å². The fraction of sp³-hybridized carbons (Fsp3) is 0.462. The molecule has 6 nitrogen and oxygen atoms in total. The van der Waals surface area contributed by atoms with Crippen LogP contribution in [0.2, 0.25) is 0 Å². The lowest BCUT2D eigenvalue weighted by atomic mass is 10.2. The zero-order chi connectivity index (χ0) is 14.1. The van der Waals surface area contributed by atoms with Crippen LogP contribution >= 0.6 is 0 Å². The quantitative estimate of drug-likeness (QED) is 0.409. The van der Waals surface area contributed by atoms with Gasteiger partial charge in [0.2, 0.25) is 0 Å². The minimum Gasteiger partial charge on any atom is -0.490 e. The Morgan fingerprint density at radius 3 is 2.79 bits per heavy atom. The third kappa shape index (κ3) is 4.94. The largest absolute Gasteiger partial charge is 0.490 e. The number of unbranched alkanes of at least 4 members (excludes halogenated alkanes) is 1. The number of nitro groups is 1. The van der Waals surface area contributed by atoms with Crippen molar-refractivity contribution in [3.8, 4) is 11.8 Å². The molecule has 0 fully saturated rings. The monoisotopic (exact) mass is 264 g/mol. The van der Waals surface area contributed by atoms with Gasteiger partial charge in [0.15, 0.2) is 0 Å². The molecule has 0 bridgehead atoms. The number of nitriles is 1. The summed E-state index contributed by atoms with van der Waals surface area (Å²) in [6.45, 7) is 3.51. The Bertz CT molecular complexity index is 468. The Labute approximate surface area is 111 Å². The summed E-state index contributed by atoms with van der Waals surface area (Å²) in [7, 11) is 0. The van der Waals surface area contributed by atoms with Crippen LogP contribution in [0.15, 0.2) is 18.2 Å². The standard InChI is InChI=1S/C13H16N2O4/c1-2-3-6-18-7-8-19-13-5-4-12(15(16)17)9-11(13)10-14/h4-5,9H,2-3,6-8H2,1H3. The molecule has 0 saturated heterocycles. The first-order chi connectivity index (χ1) is 9.19. The van der Waals surface area contributed by atoms with Crippen molar-refractivity contribution in [1.82, 2.24) is 0 Å². The lowest BCUT2D eigenvalue weighted by molar-refractivity contribution is -0.384. The smallest absolute Gasteiger partial charge is 0.271 e. The Hall–Kier alpha value is -2.13. The van der Waals surface area contributed by atoms with Crippen LogP contribution in [0.1, 0.15) is 25.3 Å². The van der Waals surface area contributed by atoms with Crippen LogP contribution in [0, 0.1) is 21.4 Å². The van der Waals surface area contributed by atoms with Crippen LogP contribution in [-0.2, 0) is 4.74 Å². The summed E-state index contributed by atoms with van der Waals surface area (Å²) in [5.74, 6) is 0.340. The van der Waals surface area contributed by atoms with Crippen LogP contribution in [0.5, 0.6) is 5.75 Å². The van der Waals surface area contributed by atoms with Gasteiger partial charge in [0.25, 0.3) is 5.69 Å². The van der Waals surface area contributed by atoms with Gasteiger partial charge < -0.3 is 9.47 Å². The number of nitrogens with zero attached hydrogens (tertiary/aromatic N) is 2. The molecule has 1 aromatic rings. The summed E-state index contributed by atoms with van der Waals surface area (Å²) >= 11 is 0. The highest BCUT2D eigenvalue weighted by Gasteiger charge is 2.11. The molecule has 0 atom stereocenters. The van der Waals surface area contributed by atoms with E-state index in [-0.39, 0.29) is 11.3 Å². The SMILES string of the molecule is CCCCOCCOc1ccc([N+](=O)[O-])cc1C#N. The normalized spacial score (nSPS) is 9.89. The van der Waals surface area contributed by atoms with E-state index in [0.29, 0.717) is 25.6 Å². The molecule has 0 N–H and O–H groups in total. The third-order valence-electron chi connectivity index (χ3n) is 2.42. The van der Waals surface area contributed by atoms with Crippen molar-refractivity contribution in [1.29, 1.82) is 5.26 Å². The number of non-ortho nitro benzene ring substituents is 1. The van der Waals surface area contributed by atoms with E-state index in [9.17, 15) is 10.1 Å². The number of nitro benzene ring substituents is 1. The average molecular weight is 264 g/mol. The Balaban J connectivity index is 2.50. The molecular weight excluding hydrogens is 248 g/mol. The van der Waals surface area contributed by atoms with Crippen LogP contribution < -0.4 is 4.74 Å².